The van der Waals surface area contributed by atoms with Crippen LogP contribution in [-0.4, -0.2) is 50.3 Å². The lowest BCUT2D eigenvalue weighted by Gasteiger charge is -2.19. The molecule has 4 nitrogen and oxygen atoms in total. The van der Waals surface area contributed by atoms with E-state index in [1.807, 2.05) is 0 Å². The molecule has 4 rings (SSSR count). The molecule has 4 atom stereocenters. The summed E-state index contributed by atoms with van der Waals surface area (Å²) in [6.45, 7) is 13.1. The summed E-state index contributed by atoms with van der Waals surface area (Å²) in [7, 11) is 0. The molecule has 0 aliphatic carbocycles. The van der Waals surface area contributed by atoms with Gasteiger partial charge < -0.3 is 21.3 Å². The molecule has 0 bridgehead atoms. The van der Waals surface area contributed by atoms with Crippen molar-refractivity contribution in [3.05, 3.63) is 48.6 Å². The fraction of sp³-hybridized carbons (Fsp3) is 0.750. The van der Waals surface area contributed by atoms with Crippen molar-refractivity contribution in [2.45, 2.75) is 129 Å². The van der Waals surface area contributed by atoms with Crippen LogP contribution < -0.4 is 21.3 Å². The average molecular weight is 501 g/mol. The second-order valence-corrected chi connectivity index (χ2v) is 10.3. The Morgan fingerprint density at radius 2 is 0.583 bits per heavy atom. The molecule has 4 aliphatic rings. The SMILES string of the molecule is CC=CC1CCCCN1.CC=CC1CCCCN1.CC=CC1CCCCN1.CC=CC1CCCCN1. The van der Waals surface area contributed by atoms with Gasteiger partial charge in [-0.25, -0.2) is 0 Å². The Labute approximate surface area is 224 Å². The summed E-state index contributed by atoms with van der Waals surface area (Å²) < 4.78 is 0. The third kappa shape index (κ3) is 18.1. The van der Waals surface area contributed by atoms with Gasteiger partial charge in [0.2, 0.25) is 0 Å². The summed E-state index contributed by atoms with van der Waals surface area (Å²) in [5.74, 6) is 0. The molecule has 0 radical (unpaired) electrons. The van der Waals surface area contributed by atoms with Crippen LogP contribution in [0.15, 0.2) is 48.6 Å². The van der Waals surface area contributed by atoms with E-state index in [9.17, 15) is 0 Å². The zero-order chi connectivity index (χ0) is 26.1. The lowest BCUT2D eigenvalue weighted by molar-refractivity contribution is 0.454. The fourth-order valence-corrected chi connectivity index (χ4v) is 5.10. The highest BCUT2D eigenvalue weighted by Crippen LogP contribution is 2.09. The molecule has 0 aromatic rings. The Morgan fingerprint density at radius 3 is 0.722 bits per heavy atom. The Bertz CT molecular complexity index is 467. The predicted molar refractivity (Wildman–Crippen MR) is 162 cm³/mol. The lowest BCUT2D eigenvalue weighted by atomic mass is 10.1. The van der Waals surface area contributed by atoms with Crippen molar-refractivity contribution in [1.29, 1.82) is 0 Å². The van der Waals surface area contributed by atoms with E-state index < -0.39 is 0 Å². The molecule has 0 saturated carbocycles. The first-order chi connectivity index (χ1) is 17.7. The van der Waals surface area contributed by atoms with Gasteiger partial charge in [-0.15, -0.1) is 0 Å². The minimum absolute atomic E-state index is 0.670. The van der Waals surface area contributed by atoms with Crippen LogP contribution in [0, 0.1) is 0 Å². The van der Waals surface area contributed by atoms with E-state index >= 15 is 0 Å². The summed E-state index contributed by atoms with van der Waals surface area (Å²) in [5, 5.41) is 13.7. The molecule has 4 aliphatic heterocycles. The number of hydrogen-bond acceptors (Lipinski definition) is 4. The Morgan fingerprint density at radius 1 is 0.361 bits per heavy atom. The molecule has 4 unspecified atom stereocenters. The van der Waals surface area contributed by atoms with Crippen LogP contribution in [-0.2, 0) is 0 Å². The minimum atomic E-state index is 0.670. The lowest BCUT2D eigenvalue weighted by Crippen LogP contribution is -2.31. The molecule has 0 amide bonds. The highest BCUT2D eigenvalue weighted by molar-refractivity contribution is 4.94. The zero-order valence-corrected chi connectivity index (χ0v) is 24.2. The van der Waals surface area contributed by atoms with Crippen LogP contribution in [0.25, 0.3) is 0 Å². The molecule has 0 aromatic carbocycles. The van der Waals surface area contributed by atoms with Gasteiger partial charge in [0.05, 0.1) is 0 Å². The first kappa shape index (κ1) is 32.8. The first-order valence-electron chi connectivity index (χ1n) is 15.2. The summed E-state index contributed by atoms with van der Waals surface area (Å²) in [4.78, 5) is 0. The summed E-state index contributed by atoms with van der Waals surface area (Å²) in [6.07, 6.45) is 33.8. The van der Waals surface area contributed by atoms with Gasteiger partial charge in [0.1, 0.15) is 0 Å². The van der Waals surface area contributed by atoms with E-state index in [1.54, 1.807) is 0 Å². The molecule has 208 valence electrons. The third-order valence-corrected chi connectivity index (χ3v) is 7.09. The molecule has 0 aromatic heterocycles. The van der Waals surface area contributed by atoms with Crippen molar-refractivity contribution < 1.29 is 0 Å². The van der Waals surface area contributed by atoms with Crippen LogP contribution in [0.2, 0.25) is 0 Å². The van der Waals surface area contributed by atoms with E-state index in [-0.39, 0.29) is 0 Å². The van der Waals surface area contributed by atoms with Crippen LogP contribution >= 0.6 is 0 Å². The van der Waals surface area contributed by atoms with Gasteiger partial charge >= 0.3 is 0 Å². The van der Waals surface area contributed by atoms with E-state index in [4.69, 9.17) is 0 Å². The average Bonchev–Trinajstić information content (AvgIpc) is 2.93. The molecule has 0 spiro atoms. The number of rotatable bonds is 4. The number of nitrogens with one attached hydrogen (secondary N) is 4. The normalized spacial score (nSPS) is 29.2. The largest absolute Gasteiger partial charge is 0.311 e. The minimum Gasteiger partial charge on any atom is -0.311 e. The third-order valence-electron chi connectivity index (χ3n) is 7.09. The standard InChI is InChI=1S/4C8H15N/c4*1-2-5-8-6-3-4-7-9-8/h4*2,5,8-9H,3-4,6-7H2,1H3. The molecular weight excluding hydrogens is 440 g/mol. The Hall–Kier alpha value is -1.20. The summed E-state index contributed by atoms with van der Waals surface area (Å²) in [6, 6.07) is 2.68. The monoisotopic (exact) mass is 500 g/mol. The van der Waals surface area contributed by atoms with Crippen molar-refractivity contribution in [3.63, 3.8) is 0 Å². The van der Waals surface area contributed by atoms with Crippen LogP contribution in [0.5, 0.6) is 0 Å². The van der Waals surface area contributed by atoms with Crippen LogP contribution in [0.3, 0.4) is 0 Å². The van der Waals surface area contributed by atoms with Gasteiger partial charge in [-0.2, -0.15) is 0 Å². The van der Waals surface area contributed by atoms with Gasteiger partial charge in [-0.05, 0) is 105 Å². The second kappa shape index (κ2) is 24.2. The highest BCUT2D eigenvalue weighted by atomic mass is 14.9. The topological polar surface area (TPSA) is 48.1 Å². The maximum atomic E-state index is 3.43. The molecule has 4 N–H and O–H groups in total. The molecule has 4 heterocycles. The maximum absolute atomic E-state index is 3.43. The van der Waals surface area contributed by atoms with Crippen molar-refractivity contribution >= 4 is 0 Å². The van der Waals surface area contributed by atoms with Gasteiger partial charge in [0.25, 0.3) is 0 Å². The molecule has 4 fully saturated rings. The number of hydrogen-bond donors (Lipinski definition) is 4. The van der Waals surface area contributed by atoms with Crippen molar-refractivity contribution in [2.24, 2.45) is 0 Å². The van der Waals surface area contributed by atoms with Crippen molar-refractivity contribution in [2.75, 3.05) is 26.2 Å². The number of piperidine rings is 4. The molecule has 4 saturated heterocycles. The van der Waals surface area contributed by atoms with Crippen LogP contribution in [0.4, 0.5) is 0 Å². The summed E-state index contributed by atoms with van der Waals surface area (Å²) in [5.41, 5.74) is 0. The maximum Gasteiger partial charge on any atom is 0.0249 e. The highest BCUT2D eigenvalue weighted by Gasteiger charge is 2.09. The second-order valence-electron chi connectivity index (χ2n) is 10.3. The van der Waals surface area contributed by atoms with Gasteiger partial charge in [0, 0.05) is 24.2 Å². The Kier molecular flexibility index (Phi) is 22.0. The first-order valence-corrected chi connectivity index (χ1v) is 15.2. The molecule has 36 heavy (non-hydrogen) atoms. The Balaban J connectivity index is 0.000000240. The zero-order valence-electron chi connectivity index (χ0n) is 24.2. The van der Waals surface area contributed by atoms with E-state index in [0.29, 0.717) is 24.2 Å². The quantitative estimate of drug-likeness (QED) is 0.320. The number of allylic oxidation sites excluding steroid dienone is 4. The van der Waals surface area contributed by atoms with E-state index in [2.05, 4.69) is 97.6 Å². The smallest absolute Gasteiger partial charge is 0.0249 e. The van der Waals surface area contributed by atoms with Gasteiger partial charge in [-0.3, -0.25) is 0 Å². The molecular formula is C32H60N4. The van der Waals surface area contributed by atoms with Gasteiger partial charge in [-0.1, -0.05) is 74.3 Å². The van der Waals surface area contributed by atoms with E-state index in [0.717, 1.165) is 0 Å². The van der Waals surface area contributed by atoms with E-state index in [1.165, 1.54) is 103 Å². The predicted octanol–water partition coefficient (Wildman–Crippen LogP) is 6.82. The van der Waals surface area contributed by atoms with Crippen molar-refractivity contribution in [3.8, 4) is 0 Å². The fourth-order valence-electron chi connectivity index (χ4n) is 5.10. The summed E-state index contributed by atoms with van der Waals surface area (Å²) >= 11 is 0. The molecule has 4 heteroatoms. The van der Waals surface area contributed by atoms with Gasteiger partial charge in [0.15, 0.2) is 0 Å². The van der Waals surface area contributed by atoms with Crippen LogP contribution in [0.1, 0.15) is 105 Å². The van der Waals surface area contributed by atoms with Crippen molar-refractivity contribution in [1.82, 2.24) is 21.3 Å².